The minimum atomic E-state index is 0.175. The van der Waals surface area contributed by atoms with Gasteiger partial charge in [-0.2, -0.15) is 0 Å². The molecule has 0 amide bonds. The summed E-state index contributed by atoms with van der Waals surface area (Å²) in [6.45, 7) is 9.92. The molecule has 0 spiro atoms. The van der Waals surface area contributed by atoms with Gasteiger partial charge in [0.15, 0.2) is 0 Å². The molecule has 0 saturated carbocycles. The summed E-state index contributed by atoms with van der Waals surface area (Å²) in [6, 6.07) is 11.8. The minimum absolute atomic E-state index is 0.175. The van der Waals surface area contributed by atoms with Gasteiger partial charge in [-0.25, -0.2) is 0 Å². The van der Waals surface area contributed by atoms with E-state index in [4.69, 9.17) is 4.74 Å². The molecule has 3 heteroatoms. The number of hydrogen-bond donors (Lipinski definition) is 1. The van der Waals surface area contributed by atoms with Crippen molar-refractivity contribution in [2.45, 2.75) is 50.9 Å². The first-order chi connectivity index (χ1) is 9.61. The van der Waals surface area contributed by atoms with Crippen LogP contribution in [0.15, 0.2) is 30.3 Å². The van der Waals surface area contributed by atoms with Crippen molar-refractivity contribution in [3.05, 3.63) is 35.9 Å². The summed E-state index contributed by atoms with van der Waals surface area (Å²) in [6.07, 6.45) is 1.46. The van der Waals surface area contributed by atoms with E-state index < -0.39 is 0 Å². The molecule has 4 unspecified atom stereocenters. The number of benzene rings is 1. The molecule has 2 heterocycles. The molecule has 1 N–H and O–H groups in total. The first-order valence-corrected chi connectivity index (χ1v) is 7.78. The Hall–Kier alpha value is -0.900. The average molecular weight is 274 g/mol. The summed E-state index contributed by atoms with van der Waals surface area (Å²) in [5.74, 6) is 0. The molecule has 3 rings (SSSR count). The predicted octanol–water partition coefficient (Wildman–Crippen LogP) is 2.59. The highest BCUT2D eigenvalue weighted by atomic mass is 16.5. The monoisotopic (exact) mass is 274 g/mol. The maximum atomic E-state index is 5.85. The van der Waals surface area contributed by atoms with Crippen LogP contribution in [0.25, 0.3) is 0 Å². The lowest BCUT2D eigenvalue weighted by Crippen LogP contribution is -2.62. The fourth-order valence-electron chi connectivity index (χ4n) is 3.69. The third-order valence-electron chi connectivity index (χ3n) is 5.28. The smallest absolute Gasteiger partial charge is 0.0728 e. The van der Waals surface area contributed by atoms with E-state index in [-0.39, 0.29) is 5.54 Å². The predicted molar refractivity (Wildman–Crippen MR) is 81.8 cm³/mol. The van der Waals surface area contributed by atoms with Crippen LogP contribution < -0.4 is 5.32 Å². The van der Waals surface area contributed by atoms with Crippen LogP contribution >= 0.6 is 0 Å². The summed E-state index contributed by atoms with van der Waals surface area (Å²) >= 11 is 0. The van der Waals surface area contributed by atoms with Gasteiger partial charge in [-0.15, -0.1) is 0 Å². The van der Waals surface area contributed by atoms with E-state index in [0.29, 0.717) is 18.2 Å². The van der Waals surface area contributed by atoms with Gasteiger partial charge in [-0.05, 0) is 32.8 Å². The molecule has 1 aromatic carbocycles. The summed E-state index contributed by atoms with van der Waals surface area (Å²) in [4.78, 5) is 2.67. The second-order valence-corrected chi connectivity index (χ2v) is 6.49. The summed E-state index contributed by atoms with van der Waals surface area (Å²) in [5.41, 5.74) is 1.56. The lowest BCUT2D eigenvalue weighted by Gasteiger charge is -2.49. The Balaban J connectivity index is 1.80. The van der Waals surface area contributed by atoms with Crippen molar-refractivity contribution in [1.29, 1.82) is 0 Å². The van der Waals surface area contributed by atoms with Crippen molar-refractivity contribution in [1.82, 2.24) is 10.2 Å². The van der Waals surface area contributed by atoms with Crippen LogP contribution in [-0.2, 0) is 4.74 Å². The van der Waals surface area contributed by atoms with Crippen LogP contribution in [0.1, 0.15) is 38.8 Å². The van der Waals surface area contributed by atoms with Gasteiger partial charge >= 0.3 is 0 Å². The van der Waals surface area contributed by atoms with Gasteiger partial charge in [-0.1, -0.05) is 30.3 Å². The number of ether oxygens (including phenoxy) is 1. The van der Waals surface area contributed by atoms with Crippen molar-refractivity contribution in [2.24, 2.45) is 0 Å². The maximum absolute atomic E-state index is 5.85. The Morgan fingerprint density at radius 2 is 2.00 bits per heavy atom. The largest absolute Gasteiger partial charge is 0.377 e. The highest BCUT2D eigenvalue weighted by Crippen LogP contribution is 2.36. The standard InChI is InChI=1S/C17H26N2O/c1-13-11-18-16(15-7-5-4-6-8-15)12-19(13)17(3)9-10-20-14(17)2/h4-8,13-14,16,18H,9-12H2,1-3H3. The van der Waals surface area contributed by atoms with Crippen LogP contribution in [-0.4, -0.2) is 42.3 Å². The average Bonchev–Trinajstić information content (AvgIpc) is 2.81. The first-order valence-electron chi connectivity index (χ1n) is 7.78. The Morgan fingerprint density at radius 3 is 2.65 bits per heavy atom. The van der Waals surface area contributed by atoms with Gasteiger partial charge in [0.1, 0.15) is 0 Å². The maximum Gasteiger partial charge on any atom is 0.0728 e. The molecule has 2 fully saturated rings. The fourth-order valence-corrected chi connectivity index (χ4v) is 3.69. The Labute approximate surface area is 122 Å². The van der Waals surface area contributed by atoms with Crippen molar-refractivity contribution >= 4 is 0 Å². The van der Waals surface area contributed by atoms with Gasteiger partial charge in [0.2, 0.25) is 0 Å². The van der Waals surface area contributed by atoms with E-state index in [0.717, 1.165) is 26.1 Å². The second kappa shape index (κ2) is 5.47. The lowest BCUT2D eigenvalue weighted by molar-refractivity contribution is -0.0202. The third-order valence-corrected chi connectivity index (χ3v) is 5.28. The Morgan fingerprint density at radius 1 is 1.25 bits per heavy atom. The van der Waals surface area contributed by atoms with Crippen LogP contribution in [0.5, 0.6) is 0 Å². The van der Waals surface area contributed by atoms with E-state index >= 15 is 0 Å². The van der Waals surface area contributed by atoms with Crippen molar-refractivity contribution in [3.63, 3.8) is 0 Å². The quantitative estimate of drug-likeness (QED) is 0.897. The molecule has 4 atom stereocenters. The van der Waals surface area contributed by atoms with Gasteiger partial charge in [0.05, 0.1) is 6.10 Å². The summed E-state index contributed by atoms with van der Waals surface area (Å²) in [5, 5.41) is 3.69. The second-order valence-electron chi connectivity index (χ2n) is 6.49. The van der Waals surface area contributed by atoms with E-state index in [1.807, 2.05) is 0 Å². The molecule has 0 aromatic heterocycles. The molecule has 110 valence electrons. The van der Waals surface area contributed by atoms with Gasteiger partial charge in [0, 0.05) is 37.3 Å². The number of hydrogen-bond acceptors (Lipinski definition) is 3. The molecule has 20 heavy (non-hydrogen) atoms. The lowest BCUT2D eigenvalue weighted by atomic mass is 9.88. The molecule has 1 aromatic rings. The van der Waals surface area contributed by atoms with E-state index in [1.165, 1.54) is 5.56 Å². The van der Waals surface area contributed by atoms with Crippen LogP contribution in [0.3, 0.4) is 0 Å². The topological polar surface area (TPSA) is 24.5 Å². The van der Waals surface area contributed by atoms with Gasteiger partial charge < -0.3 is 10.1 Å². The third kappa shape index (κ3) is 2.39. The van der Waals surface area contributed by atoms with Crippen molar-refractivity contribution < 1.29 is 4.74 Å². The normalized spacial score (nSPS) is 39.0. The van der Waals surface area contributed by atoms with Crippen LogP contribution in [0, 0.1) is 0 Å². The van der Waals surface area contributed by atoms with Crippen LogP contribution in [0.2, 0.25) is 0 Å². The van der Waals surface area contributed by atoms with Crippen LogP contribution in [0.4, 0.5) is 0 Å². The highest BCUT2D eigenvalue weighted by molar-refractivity contribution is 5.20. The number of piperazine rings is 1. The molecule has 2 aliphatic rings. The number of nitrogens with zero attached hydrogens (tertiary/aromatic N) is 1. The molecular weight excluding hydrogens is 248 g/mol. The summed E-state index contributed by atoms with van der Waals surface area (Å²) < 4.78 is 5.85. The van der Waals surface area contributed by atoms with Gasteiger partial charge in [-0.3, -0.25) is 4.90 Å². The summed E-state index contributed by atoms with van der Waals surface area (Å²) in [7, 11) is 0. The Kier molecular flexibility index (Phi) is 3.85. The fraction of sp³-hybridized carbons (Fsp3) is 0.647. The molecule has 2 aliphatic heterocycles. The zero-order chi connectivity index (χ0) is 14.2. The number of nitrogens with one attached hydrogen (secondary N) is 1. The zero-order valence-corrected chi connectivity index (χ0v) is 12.8. The SMILES string of the molecule is CC1CNC(c2ccccc2)CN1C1(C)CCOC1C. The first kappa shape index (κ1) is 14.1. The van der Waals surface area contributed by atoms with Crippen molar-refractivity contribution in [3.8, 4) is 0 Å². The molecule has 0 bridgehead atoms. The van der Waals surface area contributed by atoms with E-state index in [2.05, 4.69) is 61.3 Å². The molecule has 0 aliphatic carbocycles. The zero-order valence-electron chi connectivity index (χ0n) is 12.8. The van der Waals surface area contributed by atoms with E-state index in [9.17, 15) is 0 Å². The minimum Gasteiger partial charge on any atom is -0.377 e. The molecular formula is C17H26N2O. The number of rotatable bonds is 2. The molecule has 0 radical (unpaired) electrons. The molecule has 2 saturated heterocycles. The highest BCUT2D eigenvalue weighted by Gasteiger charge is 2.45. The van der Waals surface area contributed by atoms with Crippen molar-refractivity contribution in [2.75, 3.05) is 19.7 Å². The van der Waals surface area contributed by atoms with E-state index in [1.54, 1.807) is 0 Å². The van der Waals surface area contributed by atoms with Gasteiger partial charge in [0.25, 0.3) is 0 Å². The molecule has 3 nitrogen and oxygen atoms in total. The Bertz CT molecular complexity index is 450.